The lowest BCUT2D eigenvalue weighted by molar-refractivity contribution is -0.386. The molecule has 0 aliphatic rings. The van der Waals surface area contributed by atoms with Crippen molar-refractivity contribution in [2.45, 2.75) is 6.92 Å². The molecule has 0 unspecified atom stereocenters. The third-order valence-corrected chi connectivity index (χ3v) is 3.40. The molecule has 28 heavy (non-hydrogen) atoms. The molecule has 10 heteroatoms. The molecule has 0 atom stereocenters. The van der Waals surface area contributed by atoms with Gasteiger partial charge in [-0.15, -0.1) is 0 Å². The van der Waals surface area contributed by atoms with Crippen molar-refractivity contribution in [1.82, 2.24) is 5.43 Å². The van der Waals surface area contributed by atoms with Crippen LogP contribution in [-0.4, -0.2) is 42.5 Å². The number of nitrogens with one attached hydrogen (secondary N) is 1. The van der Waals surface area contributed by atoms with Crippen molar-refractivity contribution in [2.75, 3.05) is 20.3 Å². The van der Waals surface area contributed by atoms with E-state index in [1.165, 1.54) is 19.4 Å². The van der Waals surface area contributed by atoms with E-state index in [4.69, 9.17) is 14.2 Å². The van der Waals surface area contributed by atoms with Crippen LogP contribution in [0.3, 0.4) is 0 Å². The molecule has 0 radical (unpaired) electrons. The number of hydrazone groups is 1. The summed E-state index contributed by atoms with van der Waals surface area (Å²) in [5.74, 6) is -0.275. The van der Waals surface area contributed by atoms with Crippen LogP contribution in [0.25, 0.3) is 0 Å². The number of phenols is 1. The van der Waals surface area contributed by atoms with Gasteiger partial charge in [0.1, 0.15) is 0 Å². The Morgan fingerprint density at radius 3 is 2.54 bits per heavy atom. The van der Waals surface area contributed by atoms with E-state index in [2.05, 4.69) is 10.5 Å². The number of carbonyl (C=O) groups excluding carboxylic acids is 1. The average Bonchev–Trinajstić information content (AvgIpc) is 2.68. The van der Waals surface area contributed by atoms with E-state index in [0.717, 1.165) is 6.07 Å². The summed E-state index contributed by atoms with van der Waals surface area (Å²) in [6, 6.07) is 9.37. The van der Waals surface area contributed by atoms with Crippen molar-refractivity contribution in [1.29, 1.82) is 0 Å². The Kier molecular flexibility index (Phi) is 7.14. The van der Waals surface area contributed by atoms with Crippen molar-refractivity contribution in [3.05, 3.63) is 52.1 Å². The molecule has 0 saturated heterocycles. The molecule has 10 nitrogen and oxygen atoms in total. The summed E-state index contributed by atoms with van der Waals surface area (Å²) in [5.41, 5.74) is 1.96. The Bertz CT molecular complexity index is 883. The topological polar surface area (TPSA) is 133 Å². The predicted octanol–water partition coefficient (Wildman–Crippen LogP) is 2.24. The third-order valence-electron chi connectivity index (χ3n) is 3.40. The zero-order valence-electron chi connectivity index (χ0n) is 15.2. The van der Waals surface area contributed by atoms with Crippen LogP contribution in [0.2, 0.25) is 0 Å². The number of benzene rings is 2. The first-order valence-electron chi connectivity index (χ1n) is 8.18. The maximum absolute atomic E-state index is 11.9. The van der Waals surface area contributed by atoms with Crippen LogP contribution in [0.5, 0.6) is 23.0 Å². The summed E-state index contributed by atoms with van der Waals surface area (Å²) in [4.78, 5) is 22.1. The Hall–Kier alpha value is -3.82. The maximum Gasteiger partial charge on any atom is 0.315 e. The van der Waals surface area contributed by atoms with Crippen LogP contribution in [0, 0.1) is 10.1 Å². The Morgan fingerprint density at radius 1 is 1.25 bits per heavy atom. The highest BCUT2D eigenvalue weighted by Gasteiger charge is 2.19. The lowest BCUT2D eigenvalue weighted by Crippen LogP contribution is -2.24. The summed E-state index contributed by atoms with van der Waals surface area (Å²) in [7, 11) is 1.26. The van der Waals surface area contributed by atoms with E-state index in [9.17, 15) is 20.0 Å². The van der Waals surface area contributed by atoms with Crippen LogP contribution in [0.1, 0.15) is 12.5 Å². The van der Waals surface area contributed by atoms with E-state index in [0.29, 0.717) is 18.1 Å². The van der Waals surface area contributed by atoms with Crippen LogP contribution < -0.4 is 19.6 Å². The second kappa shape index (κ2) is 9.76. The largest absolute Gasteiger partial charge is 0.500 e. The molecule has 0 fully saturated rings. The van der Waals surface area contributed by atoms with Gasteiger partial charge in [-0.05, 0) is 25.1 Å². The number of phenolic OH excluding ortho intramolecular Hbond substituents is 1. The number of para-hydroxylation sites is 2. The molecule has 0 bridgehead atoms. The average molecular weight is 389 g/mol. The number of carbonyl (C=O) groups is 1. The van der Waals surface area contributed by atoms with Crippen molar-refractivity contribution in [3.8, 4) is 23.0 Å². The molecular weight excluding hydrogens is 370 g/mol. The van der Waals surface area contributed by atoms with Crippen LogP contribution in [0.15, 0.2) is 41.5 Å². The van der Waals surface area contributed by atoms with Crippen LogP contribution in [-0.2, 0) is 4.79 Å². The molecule has 2 rings (SSSR count). The summed E-state index contributed by atoms with van der Waals surface area (Å²) in [5, 5.41) is 24.4. The normalized spacial score (nSPS) is 10.5. The number of aromatic hydroxyl groups is 1. The van der Waals surface area contributed by atoms with Crippen LogP contribution in [0.4, 0.5) is 5.69 Å². The highest BCUT2D eigenvalue weighted by molar-refractivity contribution is 5.85. The fourth-order valence-corrected chi connectivity index (χ4v) is 2.18. The Balaban J connectivity index is 1.98. The summed E-state index contributed by atoms with van der Waals surface area (Å²) >= 11 is 0. The third kappa shape index (κ3) is 5.34. The van der Waals surface area contributed by atoms with E-state index in [1.54, 1.807) is 24.3 Å². The lowest BCUT2D eigenvalue weighted by atomic mass is 10.2. The minimum Gasteiger partial charge on any atom is -0.500 e. The number of ether oxygens (including phenoxy) is 3. The first kappa shape index (κ1) is 20.5. The highest BCUT2D eigenvalue weighted by atomic mass is 16.6. The van der Waals surface area contributed by atoms with E-state index in [1.807, 2.05) is 6.92 Å². The molecule has 0 aliphatic heterocycles. The molecule has 0 spiro atoms. The summed E-state index contributed by atoms with van der Waals surface area (Å²) < 4.78 is 15.7. The van der Waals surface area contributed by atoms with Gasteiger partial charge in [-0.3, -0.25) is 14.9 Å². The van der Waals surface area contributed by atoms with Gasteiger partial charge in [0.05, 0.1) is 24.9 Å². The number of rotatable bonds is 9. The molecule has 1 amide bonds. The molecule has 2 aromatic carbocycles. The number of hydrogen-bond acceptors (Lipinski definition) is 8. The fourth-order valence-electron chi connectivity index (χ4n) is 2.18. The minimum absolute atomic E-state index is 0.0853. The maximum atomic E-state index is 11.9. The molecule has 0 saturated carbocycles. The molecule has 2 aromatic rings. The molecule has 0 aliphatic carbocycles. The minimum atomic E-state index is -0.753. The fraction of sp³-hybridized carbons (Fsp3) is 0.222. The van der Waals surface area contributed by atoms with Crippen molar-refractivity contribution in [2.24, 2.45) is 5.10 Å². The van der Waals surface area contributed by atoms with Crippen LogP contribution >= 0.6 is 0 Å². The second-order valence-corrected chi connectivity index (χ2v) is 5.31. The van der Waals surface area contributed by atoms with Crippen molar-refractivity contribution >= 4 is 17.8 Å². The van der Waals surface area contributed by atoms with Gasteiger partial charge < -0.3 is 19.3 Å². The molecular formula is C18H19N3O7. The lowest BCUT2D eigenvalue weighted by Gasteiger charge is -2.10. The number of nitro benzene ring substituents is 1. The molecule has 2 N–H and O–H groups in total. The Labute approximate surface area is 160 Å². The van der Waals surface area contributed by atoms with Gasteiger partial charge in [0.2, 0.25) is 5.75 Å². The summed E-state index contributed by atoms with van der Waals surface area (Å²) in [6.45, 7) is 1.99. The second-order valence-electron chi connectivity index (χ2n) is 5.31. The van der Waals surface area contributed by atoms with Crippen molar-refractivity contribution in [3.63, 3.8) is 0 Å². The number of methoxy groups -OCH3 is 1. The van der Waals surface area contributed by atoms with Gasteiger partial charge in [0.15, 0.2) is 23.9 Å². The SMILES string of the molecule is CCOc1ccccc1OCC(=O)N/N=C\c1cc(OC)c(O)c([N+](=O)[O-])c1. The van der Waals surface area contributed by atoms with Gasteiger partial charge in [-0.2, -0.15) is 5.10 Å². The van der Waals surface area contributed by atoms with Gasteiger partial charge >= 0.3 is 5.69 Å². The first-order chi connectivity index (χ1) is 13.5. The smallest absolute Gasteiger partial charge is 0.315 e. The van der Waals surface area contributed by atoms with Gasteiger partial charge in [-0.25, -0.2) is 5.43 Å². The summed E-state index contributed by atoms with van der Waals surface area (Å²) in [6.07, 6.45) is 1.18. The number of nitrogens with zero attached hydrogens (tertiary/aromatic N) is 2. The van der Waals surface area contributed by atoms with E-state index < -0.39 is 22.3 Å². The molecule has 0 aromatic heterocycles. The quantitative estimate of drug-likeness (QED) is 0.382. The zero-order valence-corrected chi connectivity index (χ0v) is 15.2. The zero-order chi connectivity index (χ0) is 20.5. The standard InChI is InChI=1S/C18H19N3O7/c1-3-27-14-6-4-5-7-15(14)28-11-17(22)20-19-10-12-8-13(21(24)25)18(23)16(9-12)26-2/h4-10,23H,3,11H2,1-2H3,(H,20,22)/b19-10-. The van der Waals surface area contributed by atoms with E-state index >= 15 is 0 Å². The predicted molar refractivity (Wildman–Crippen MR) is 100 cm³/mol. The van der Waals surface area contributed by atoms with Gasteiger partial charge in [0.25, 0.3) is 5.91 Å². The van der Waals surface area contributed by atoms with Gasteiger partial charge in [-0.1, -0.05) is 12.1 Å². The Morgan fingerprint density at radius 2 is 1.93 bits per heavy atom. The molecule has 0 heterocycles. The highest BCUT2D eigenvalue weighted by Crippen LogP contribution is 2.36. The molecule has 148 valence electrons. The number of nitro groups is 1. The van der Waals surface area contributed by atoms with Crippen molar-refractivity contribution < 1.29 is 29.0 Å². The first-order valence-corrected chi connectivity index (χ1v) is 8.18. The van der Waals surface area contributed by atoms with E-state index in [-0.39, 0.29) is 17.9 Å². The number of amides is 1. The monoisotopic (exact) mass is 389 g/mol. The number of hydrogen-bond donors (Lipinski definition) is 2. The van der Waals surface area contributed by atoms with Gasteiger partial charge in [0, 0.05) is 11.6 Å².